The van der Waals surface area contributed by atoms with Crippen LogP contribution in [0.25, 0.3) is 0 Å². The Morgan fingerprint density at radius 1 is 1.10 bits per heavy atom. The molecule has 1 aliphatic rings. The Kier molecular flexibility index (Phi) is 5.97. The molecule has 3 aromatic rings. The van der Waals surface area contributed by atoms with E-state index in [2.05, 4.69) is 20.1 Å². The third-order valence-corrected chi connectivity index (χ3v) is 5.43. The molecule has 1 aliphatic heterocycles. The zero-order valence-corrected chi connectivity index (χ0v) is 17.5. The number of methoxy groups -OCH3 is 1. The van der Waals surface area contributed by atoms with E-state index < -0.39 is 0 Å². The van der Waals surface area contributed by atoms with Gasteiger partial charge in [-0.3, -0.25) is 4.90 Å². The summed E-state index contributed by atoms with van der Waals surface area (Å²) in [6.07, 6.45) is 4.37. The van der Waals surface area contributed by atoms with E-state index >= 15 is 0 Å². The monoisotopic (exact) mass is 405 g/mol. The fourth-order valence-corrected chi connectivity index (χ4v) is 3.74. The minimum atomic E-state index is -0.241. The highest BCUT2D eigenvalue weighted by atomic mass is 16.5. The van der Waals surface area contributed by atoms with Crippen molar-refractivity contribution in [3.05, 3.63) is 65.7 Å². The fraction of sp³-hybridized carbons (Fsp3) is 0.348. The number of rotatable bonds is 5. The van der Waals surface area contributed by atoms with Gasteiger partial charge in [-0.15, -0.1) is 10.2 Å². The molecular weight excluding hydrogens is 378 g/mol. The van der Waals surface area contributed by atoms with Crippen LogP contribution in [0.15, 0.2) is 48.5 Å². The van der Waals surface area contributed by atoms with Gasteiger partial charge in [0.15, 0.2) is 5.82 Å². The minimum absolute atomic E-state index is 0.241. The number of fused-ring (bicyclic) bond motifs is 1. The van der Waals surface area contributed by atoms with Crippen LogP contribution in [-0.2, 0) is 19.5 Å². The van der Waals surface area contributed by atoms with Gasteiger partial charge in [-0.25, -0.2) is 4.79 Å². The van der Waals surface area contributed by atoms with Crippen LogP contribution in [0.5, 0.6) is 5.75 Å². The van der Waals surface area contributed by atoms with Gasteiger partial charge in [-0.05, 0) is 44.0 Å². The first kappa shape index (κ1) is 19.9. The molecule has 0 saturated carbocycles. The number of nitrogens with one attached hydrogen (secondary N) is 1. The van der Waals surface area contributed by atoms with Crippen LogP contribution in [-0.4, -0.2) is 27.9 Å². The zero-order chi connectivity index (χ0) is 20.9. The second kappa shape index (κ2) is 8.98. The van der Waals surface area contributed by atoms with Crippen molar-refractivity contribution in [2.75, 3.05) is 17.3 Å². The molecule has 30 heavy (non-hydrogen) atoms. The van der Waals surface area contributed by atoms with Gasteiger partial charge < -0.3 is 14.6 Å². The Hall–Kier alpha value is -3.35. The van der Waals surface area contributed by atoms with Gasteiger partial charge in [0.2, 0.25) is 0 Å². The van der Waals surface area contributed by atoms with Crippen LogP contribution in [0.2, 0.25) is 0 Å². The second-order valence-corrected chi connectivity index (χ2v) is 7.55. The van der Waals surface area contributed by atoms with Crippen LogP contribution in [0.3, 0.4) is 0 Å². The third-order valence-electron chi connectivity index (χ3n) is 5.43. The molecule has 0 radical (unpaired) electrons. The van der Waals surface area contributed by atoms with E-state index in [0.29, 0.717) is 18.0 Å². The number of aryl methyl sites for hydroxylation is 2. The van der Waals surface area contributed by atoms with E-state index in [1.54, 1.807) is 12.0 Å². The molecule has 156 valence electrons. The highest BCUT2D eigenvalue weighted by molar-refractivity contribution is 6.02. The number of para-hydroxylation sites is 2. The van der Waals surface area contributed by atoms with Crippen LogP contribution in [0.1, 0.15) is 36.5 Å². The van der Waals surface area contributed by atoms with Gasteiger partial charge in [0.25, 0.3) is 0 Å². The molecule has 2 amide bonds. The molecule has 0 unspecified atom stereocenters. The minimum Gasteiger partial charge on any atom is -0.495 e. The van der Waals surface area contributed by atoms with Gasteiger partial charge >= 0.3 is 6.03 Å². The number of benzene rings is 2. The van der Waals surface area contributed by atoms with Gasteiger partial charge in [-0.2, -0.15) is 0 Å². The zero-order valence-electron chi connectivity index (χ0n) is 17.5. The number of urea groups is 1. The molecule has 7 heteroatoms. The average Bonchev–Trinajstić information content (AvgIpc) is 2.98. The number of hydrogen-bond donors (Lipinski definition) is 1. The lowest BCUT2D eigenvalue weighted by Crippen LogP contribution is -2.35. The molecule has 2 aromatic carbocycles. The van der Waals surface area contributed by atoms with Gasteiger partial charge in [0, 0.05) is 18.7 Å². The van der Waals surface area contributed by atoms with Crippen molar-refractivity contribution in [2.24, 2.45) is 0 Å². The van der Waals surface area contributed by atoms with Crippen molar-refractivity contribution in [3.8, 4) is 5.75 Å². The molecule has 0 aliphatic carbocycles. The topological polar surface area (TPSA) is 72.3 Å². The number of amides is 2. The van der Waals surface area contributed by atoms with E-state index in [-0.39, 0.29) is 6.03 Å². The number of carbonyl (C=O) groups excluding carboxylic acids is 1. The largest absolute Gasteiger partial charge is 0.495 e. The van der Waals surface area contributed by atoms with Crippen molar-refractivity contribution in [2.45, 2.75) is 45.7 Å². The lowest BCUT2D eigenvalue weighted by Gasteiger charge is -2.24. The summed E-state index contributed by atoms with van der Waals surface area (Å²) in [4.78, 5) is 15.0. The first-order valence-electron chi connectivity index (χ1n) is 10.3. The van der Waals surface area contributed by atoms with Gasteiger partial charge in [0.1, 0.15) is 11.6 Å². The molecular formula is C23H27N5O2. The summed E-state index contributed by atoms with van der Waals surface area (Å²) in [6.45, 7) is 3.27. The SMILES string of the molecule is COc1ccccc1NC(=O)N(Cc1nnc2n1CCCCC2)c1ccc(C)cc1. The average molecular weight is 406 g/mol. The van der Waals surface area contributed by atoms with Gasteiger partial charge in [-0.1, -0.05) is 36.2 Å². The Bertz CT molecular complexity index is 1010. The second-order valence-electron chi connectivity index (χ2n) is 7.55. The highest BCUT2D eigenvalue weighted by Crippen LogP contribution is 2.26. The molecule has 0 spiro atoms. The number of ether oxygens (including phenoxy) is 1. The molecule has 1 aromatic heterocycles. The Morgan fingerprint density at radius 2 is 1.90 bits per heavy atom. The van der Waals surface area contributed by atoms with E-state index in [9.17, 15) is 4.79 Å². The summed E-state index contributed by atoms with van der Waals surface area (Å²) in [6, 6.07) is 15.1. The summed E-state index contributed by atoms with van der Waals surface area (Å²) < 4.78 is 7.55. The van der Waals surface area contributed by atoms with Crippen molar-refractivity contribution in [1.29, 1.82) is 0 Å². The van der Waals surface area contributed by atoms with E-state index in [0.717, 1.165) is 48.7 Å². The number of aromatic nitrogens is 3. The standard InChI is InChI=1S/C23H27N5O2/c1-17-11-13-18(14-12-17)28(23(29)24-19-8-5-6-9-20(19)30-2)16-22-26-25-21-10-4-3-7-15-27(21)22/h5-6,8-9,11-14H,3-4,7,10,15-16H2,1-2H3,(H,24,29). The smallest absolute Gasteiger partial charge is 0.326 e. The van der Waals surface area contributed by atoms with Gasteiger partial charge in [0.05, 0.1) is 19.3 Å². The number of carbonyl (C=O) groups is 1. The van der Waals surface area contributed by atoms with Crippen LogP contribution in [0, 0.1) is 6.92 Å². The summed E-state index contributed by atoms with van der Waals surface area (Å²) in [5, 5.41) is 11.8. The molecule has 0 fully saturated rings. The van der Waals surface area contributed by atoms with Crippen molar-refractivity contribution in [1.82, 2.24) is 14.8 Å². The Labute approximate surface area is 176 Å². The Balaban J connectivity index is 1.64. The molecule has 0 atom stereocenters. The van der Waals surface area contributed by atoms with Crippen molar-refractivity contribution >= 4 is 17.4 Å². The highest BCUT2D eigenvalue weighted by Gasteiger charge is 2.22. The normalized spacial score (nSPS) is 13.3. The number of anilines is 2. The first-order chi connectivity index (χ1) is 14.7. The quantitative estimate of drug-likeness (QED) is 0.675. The lowest BCUT2D eigenvalue weighted by molar-refractivity contribution is 0.256. The predicted octanol–water partition coefficient (Wildman–Crippen LogP) is 4.56. The molecule has 4 rings (SSSR count). The van der Waals surface area contributed by atoms with Crippen molar-refractivity contribution in [3.63, 3.8) is 0 Å². The maximum atomic E-state index is 13.3. The van der Waals surface area contributed by atoms with E-state index in [1.807, 2.05) is 55.5 Å². The maximum absolute atomic E-state index is 13.3. The molecule has 7 nitrogen and oxygen atoms in total. The van der Waals surface area contributed by atoms with Crippen LogP contribution < -0.4 is 15.0 Å². The summed E-state index contributed by atoms with van der Waals surface area (Å²) in [7, 11) is 1.59. The lowest BCUT2D eigenvalue weighted by atomic mass is 10.2. The van der Waals surface area contributed by atoms with Crippen LogP contribution in [0.4, 0.5) is 16.2 Å². The predicted molar refractivity (Wildman–Crippen MR) is 117 cm³/mol. The molecule has 2 heterocycles. The summed E-state index contributed by atoms with van der Waals surface area (Å²) in [5.74, 6) is 2.44. The van der Waals surface area contributed by atoms with E-state index in [1.165, 1.54) is 6.42 Å². The third kappa shape index (κ3) is 4.30. The maximum Gasteiger partial charge on any atom is 0.326 e. The van der Waals surface area contributed by atoms with Crippen molar-refractivity contribution < 1.29 is 9.53 Å². The molecule has 0 saturated heterocycles. The summed E-state index contributed by atoms with van der Waals surface area (Å²) in [5.41, 5.74) is 2.57. The first-order valence-corrected chi connectivity index (χ1v) is 10.3. The molecule has 0 bridgehead atoms. The Morgan fingerprint density at radius 3 is 2.70 bits per heavy atom. The summed E-state index contributed by atoms with van der Waals surface area (Å²) >= 11 is 0. The van der Waals surface area contributed by atoms with Crippen LogP contribution >= 0.6 is 0 Å². The van der Waals surface area contributed by atoms with E-state index in [4.69, 9.17) is 4.74 Å². The number of hydrogen-bond acceptors (Lipinski definition) is 4. The fourth-order valence-electron chi connectivity index (χ4n) is 3.74. The molecule has 1 N–H and O–H groups in total. The number of nitrogens with zero attached hydrogens (tertiary/aromatic N) is 4.